The van der Waals surface area contributed by atoms with Crippen molar-refractivity contribution >= 4 is 52.1 Å². The topological polar surface area (TPSA) is 86.0 Å². The molecule has 3 aromatic carbocycles. The number of anilines is 1. The average Bonchev–Trinajstić information content (AvgIpc) is 3.38. The highest BCUT2D eigenvalue weighted by atomic mass is 35.5. The molecule has 0 aliphatic rings. The van der Waals surface area contributed by atoms with E-state index in [1.54, 1.807) is 30.7 Å². The molecular weight excluding hydrogens is 587 g/mol. The third-order valence-electron chi connectivity index (χ3n) is 6.78. The van der Waals surface area contributed by atoms with Gasteiger partial charge in [-0.1, -0.05) is 65.2 Å². The lowest BCUT2D eigenvalue weighted by Gasteiger charge is -2.30. The number of rotatable bonds is 10. The molecule has 216 valence electrons. The number of halogens is 2. The summed E-state index contributed by atoms with van der Waals surface area (Å²) in [5.41, 5.74) is 6.41. The van der Waals surface area contributed by atoms with Crippen LogP contribution < -0.4 is 10.6 Å². The van der Waals surface area contributed by atoms with Gasteiger partial charge in [-0.25, -0.2) is 4.98 Å². The predicted molar refractivity (Wildman–Crippen MR) is 173 cm³/mol. The number of nitrogens with one attached hydrogen (secondary N) is 2. The first-order valence-corrected chi connectivity index (χ1v) is 14.6. The van der Waals surface area contributed by atoms with Crippen molar-refractivity contribution in [2.75, 3.05) is 11.9 Å². The van der Waals surface area contributed by atoms with Crippen LogP contribution in [0.15, 0.2) is 73.2 Å². The largest absolute Gasteiger partial charge is 0.352 e. The van der Waals surface area contributed by atoms with Crippen molar-refractivity contribution in [2.45, 2.75) is 46.3 Å². The quantitative estimate of drug-likeness (QED) is 0.193. The summed E-state index contributed by atoms with van der Waals surface area (Å²) in [5, 5.41) is 17.0. The van der Waals surface area contributed by atoms with E-state index in [-0.39, 0.29) is 18.4 Å². The summed E-state index contributed by atoms with van der Waals surface area (Å²) in [5.74, 6) is -0.127. The molecule has 0 aliphatic carbocycles. The highest BCUT2D eigenvalue weighted by Crippen LogP contribution is 2.27. The molecule has 4 rings (SSSR count). The van der Waals surface area contributed by atoms with Gasteiger partial charge in [0.25, 0.3) is 0 Å². The number of hydrogen-bond donors (Lipinski definition) is 2. The molecule has 0 bridgehead atoms. The minimum atomic E-state index is -0.232. The van der Waals surface area contributed by atoms with Gasteiger partial charge < -0.3 is 20.1 Å². The molecule has 4 aromatic rings. The molecule has 1 aromatic heterocycles. The maximum Gasteiger partial charge on any atom is 0.226 e. The number of aromatic nitrogens is 2. The number of thiocarbonyl (C=S) groups is 1. The zero-order valence-electron chi connectivity index (χ0n) is 23.7. The second kappa shape index (κ2) is 14.3. The Labute approximate surface area is 262 Å². The van der Waals surface area contributed by atoms with Crippen LogP contribution in [0.3, 0.4) is 0 Å². The molecule has 2 N–H and O–H groups in total. The van der Waals surface area contributed by atoms with Crippen molar-refractivity contribution in [3.05, 3.63) is 117 Å². The lowest BCUT2D eigenvalue weighted by atomic mass is 10.1. The van der Waals surface area contributed by atoms with Crippen molar-refractivity contribution in [1.82, 2.24) is 19.8 Å². The Balaban J connectivity index is 1.43. The summed E-state index contributed by atoms with van der Waals surface area (Å²) in [6.07, 6.45) is 3.58. The second-order valence-electron chi connectivity index (χ2n) is 10.3. The number of nitriles is 1. The number of nitrogens with zero attached hydrogens (tertiary/aromatic N) is 4. The van der Waals surface area contributed by atoms with E-state index in [2.05, 4.69) is 27.8 Å². The fraction of sp³-hybridized carbons (Fsp3) is 0.250. The monoisotopic (exact) mass is 618 g/mol. The van der Waals surface area contributed by atoms with E-state index in [9.17, 15) is 4.79 Å². The van der Waals surface area contributed by atoms with Crippen LogP contribution >= 0.6 is 35.4 Å². The molecule has 0 aliphatic heterocycles. The summed E-state index contributed by atoms with van der Waals surface area (Å²) >= 11 is 18.6. The Morgan fingerprint density at radius 3 is 2.62 bits per heavy atom. The number of imidazole rings is 1. The Morgan fingerprint density at radius 2 is 1.90 bits per heavy atom. The van der Waals surface area contributed by atoms with E-state index in [1.807, 2.05) is 66.6 Å². The fourth-order valence-corrected chi connectivity index (χ4v) is 5.26. The molecule has 10 heteroatoms. The maximum absolute atomic E-state index is 13.1. The van der Waals surface area contributed by atoms with Gasteiger partial charge >= 0.3 is 0 Å². The number of carbonyl (C=O) groups excluding carboxylic acids is 1. The van der Waals surface area contributed by atoms with Crippen molar-refractivity contribution in [2.24, 2.45) is 0 Å². The molecule has 0 radical (unpaired) electrons. The lowest BCUT2D eigenvalue weighted by molar-refractivity contribution is -0.121. The minimum Gasteiger partial charge on any atom is -0.352 e. The van der Waals surface area contributed by atoms with Crippen LogP contribution in [0.2, 0.25) is 10.0 Å². The van der Waals surface area contributed by atoms with Gasteiger partial charge in [-0.3, -0.25) is 4.79 Å². The van der Waals surface area contributed by atoms with Gasteiger partial charge in [0.05, 0.1) is 34.4 Å². The Hall–Kier alpha value is -3.90. The molecule has 7 nitrogen and oxygen atoms in total. The van der Waals surface area contributed by atoms with E-state index < -0.39 is 0 Å². The molecule has 1 atom stereocenters. The predicted octanol–water partition coefficient (Wildman–Crippen LogP) is 6.67. The van der Waals surface area contributed by atoms with Gasteiger partial charge in [-0.2, -0.15) is 5.26 Å². The van der Waals surface area contributed by atoms with Crippen LogP contribution in [0.5, 0.6) is 0 Å². The maximum atomic E-state index is 13.1. The van der Waals surface area contributed by atoms with Crippen LogP contribution in [-0.2, 0) is 24.3 Å². The Bertz CT molecular complexity index is 1610. The molecule has 0 unspecified atom stereocenters. The first-order valence-electron chi connectivity index (χ1n) is 13.5. The molecule has 1 heterocycles. The molecule has 0 saturated carbocycles. The van der Waals surface area contributed by atoms with Crippen molar-refractivity contribution in [3.8, 4) is 6.07 Å². The SMILES string of the molecule is Cc1ccc(NC(=S)N(Cc2cccc(Cl)c2Cl)C[C@H](C)NC(=O)Cc2cncn2Cc2ccc(C#N)cc2)c(C)c1. The van der Waals surface area contributed by atoms with E-state index >= 15 is 0 Å². The van der Waals surface area contributed by atoms with Gasteiger partial charge in [0.2, 0.25) is 5.91 Å². The zero-order chi connectivity index (χ0) is 30.2. The van der Waals surface area contributed by atoms with Crippen LogP contribution in [0, 0.1) is 25.2 Å². The van der Waals surface area contributed by atoms with Gasteiger partial charge in [-0.15, -0.1) is 0 Å². The smallest absolute Gasteiger partial charge is 0.226 e. The molecule has 0 saturated heterocycles. The second-order valence-corrected chi connectivity index (χ2v) is 11.5. The van der Waals surface area contributed by atoms with Crippen LogP contribution in [0.1, 0.15) is 40.4 Å². The van der Waals surface area contributed by atoms with Crippen molar-refractivity contribution in [3.63, 3.8) is 0 Å². The van der Waals surface area contributed by atoms with E-state index in [4.69, 9.17) is 40.7 Å². The standard InChI is InChI=1S/C32H32Cl2N6OS/c1-21-7-12-29(22(2)13-21)38-32(42)39(19-26-5-4-6-28(33)31(26)34)17-23(3)37-30(41)14-27-16-36-20-40(27)18-25-10-8-24(15-35)9-11-25/h4-13,16,20,23H,14,17-19H2,1-3H3,(H,37,41)(H,38,42)/t23-/m0/s1. The Morgan fingerprint density at radius 1 is 1.14 bits per heavy atom. The first kappa shape index (κ1) is 31.0. The van der Waals surface area contributed by atoms with Crippen LogP contribution in [0.4, 0.5) is 5.69 Å². The van der Waals surface area contributed by atoms with Gasteiger partial charge in [0, 0.05) is 43.3 Å². The summed E-state index contributed by atoms with van der Waals surface area (Å²) in [6, 6.07) is 20.9. The fourth-order valence-electron chi connectivity index (χ4n) is 4.63. The molecule has 0 spiro atoms. The van der Waals surface area contributed by atoms with Crippen LogP contribution in [-0.4, -0.2) is 38.1 Å². The van der Waals surface area contributed by atoms with Gasteiger partial charge in [0.15, 0.2) is 5.11 Å². The third-order valence-corrected chi connectivity index (χ3v) is 8.00. The number of hydrogen-bond acceptors (Lipinski definition) is 4. The molecule has 1 amide bonds. The first-order chi connectivity index (χ1) is 20.1. The summed E-state index contributed by atoms with van der Waals surface area (Å²) < 4.78 is 1.93. The van der Waals surface area contributed by atoms with E-state index in [0.717, 1.165) is 28.1 Å². The van der Waals surface area contributed by atoms with Gasteiger partial charge in [-0.05, 0) is 73.9 Å². The summed E-state index contributed by atoms with van der Waals surface area (Å²) in [4.78, 5) is 19.3. The average molecular weight is 620 g/mol. The summed E-state index contributed by atoms with van der Waals surface area (Å²) in [6.45, 7) is 7.43. The lowest BCUT2D eigenvalue weighted by Crippen LogP contribution is -2.45. The van der Waals surface area contributed by atoms with Crippen molar-refractivity contribution < 1.29 is 4.79 Å². The molecule has 42 heavy (non-hydrogen) atoms. The third kappa shape index (κ3) is 8.32. The van der Waals surface area contributed by atoms with Crippen LogP contribution in [0.25, 0.3) is 0 Å². The zero-order valence-corrected chi connectivity index (χ0v) is 26.0. The number of amides is 1. The summed E-state index contributed by atoms with van der Waals surface area (Å²) in [7, 11) is 0. The molecular formula is C32H32Cl2N6OS. The normalized spacial score (nSPS) is 11.4. The number of carbonyl (C=O) groups is 1. The highest BCUT2D eigenvalue weighted by Gasteiger charge is 2.19. The van der Waals surface area contributed by atoms with E-state index in [0.29, 0.717) is 40.4 Å². The Kier molecular flexibility index (Phi) is 10.6. The number of aryl methyl sites for hydroxylation is 2. The number of benzene rings is 3. The highest BCUT2D eigenvalue weighted by molar-refractivity contribution is 7.80. The van der Waals surface area contributed by atoms with Crippen molar-refractivity contribution in [1.29, 1.82) is 5.26 Å². The minimum absolute atomic E-state index is 0.127. The molecule has 0 fully saturated rings. The van der Waals surface area contributed by atoms with Gasteiger partial charge in [0.1, 0.15) is 0 Å². The van der Waals surface area contributed by atoms with E-state index in [1.165, 1.54) is 5.56 Å².